The van der Waals surface area contributed by atoms with Gasteiger partial charge in [-0.15, -0.1) is 10.4 Å². The molecule has 1 atom stereocenters. The van der Waals surface area contributed by atoms with Crippen molar-refractivity contribution in [1.82, 2.24) is 3.82 Å². The summed E-state index contributed by atoms with van der Waals surface area (Å²) in [7, 11) is 0. The molecule has 0 rings (SSSR count). The lowest BCUT2D eigenvalue weighted by molar-refractivity contribution is 0.495. The van der Waals surface area contributed by atoms with Gasteiger partial charge >= 0.3 is 0 Å². The van der Waals surface area contributed by atoms with E-state index in [1.54, 1.807) is 0 Å². The zero-order valence-corrected chi connectivity index (χ0v) is 5.61. The van der Waals surface area contributed by atoms with Gasteiger partial charge in [0.1, 0.15) is 0 Å². The van der Waals surface area contributed by atoms with Crippen LogP contribution in [0.3, 0.4) is 0 Å². The van der Waals surface area contributed by atoms with Crippen LogP contribution in [0.2, 0.25) is 0 Å². The van der Waals surface area contributed by atoms with Crippen LogP contribution in [0.25, 0.3) is 0 Å². The number of halogens is 1. The minimum atomic E-state index is -2.33. The monoisotopic (exact) mass is 154 g/mol. The second kappa shape index (κ2) is 4.03. The first kappa shape index (κ1) is 8.10. The van der Waals surface area contributed by atoms with Gasteiger partial charge in [0.25, 0.3) is 0 Å². The normalized spacial score (nSPS) is 13.9. The highest BCUT2D eigenvalue weighted by Gasteiger charge is 1.92. The Morgan fingerprint density at radius 3 is 2.62 bits per heavy atom. The van der Waals surface area contributed by atoms with Gasteiger partial charge in [0, 0.05) is 17.8 Å². The average Bonchev–Trinajstić information content (AvgIpc) is 1.67. The van der Waals surface area contributed by atoms with Crippen LogP contribution in [-0.2, 0) is 11.3 Å². The predicted molar refractivity (Wildman–Crippen MR) is 31.7 cm³/mol. The van der Waals surface area contributed by atoms with E-state index in [0.29, 0.717) is 3.82 Å². The van der Waals surface area contributed by atoms with Gasteiger partial charge in [0.05, 0.1) is 0 Å². The van der Waals surface area contributed by atoms with E-state index in [2.05, 4.69) is 6.58 Å². The van der Waals surface area contributed by atoms with Crippen molar-refractivity contribution in [3.05, 3.63) is 12.7 Å². The Bertz CT molecular complexity index is 107. The largest absolute Gasteiger partial charge is 0.759 e. The Labute approximate surface area is 55.5 Å². The van der Waals surface area contributed by atoms with Crippen LogP contribution in [0.4, 0.5) is 0 Å². The van der Waals surface area contributed by atoms with E-state index in [4.69, 9.17) is 11.8 Å². The molecule has 0 aliphatic rings. The molecular formula is C3H5ClNO2S-. The zero-order chi connectivity index (χ0) is 6.57. The predicted octanol–water partition coefficient (Wildman–Crippen LogP) is 0.422. The molecule has 0 heterocycles. The fraction of sp³-hybridized carbons (Fsp3) is 0.333. The average molecular weight is 155 g/mol. The molecule has 3 nitrogen and oxygen atoms in total. The zero-order valence-electron chi connectivity index (χ0n) is 4.04. The highest BCUT2D eigenvalue weighted by molar-refractivity contribution is 7.77. The van der Waals surface area contributed by atoms with Gasteiger partial charge in [-0.1, -0.05) is 6.08 Å². The maximum atomic E-state index is 9.84. The van der Waals surface area contributed by atoms with Gasteiger partial charge in [0.15, 0.2) is 0 Å². The molecule has 0 aromatic rings. The summed E-state index contributed by atoms with van der Waals surface area (Å²) in [5.74, 6) is 0. The summed E-state index contributed by atoms with van der Waals surface area (Å²) in [5.41, 5.74) is 0. The standard InChI is InChI=1S/C3H6ClNO2S/c1-2-3-5(4)8(6)7/h2H,1,3H2,(H,6,7)/p-1. The van der Waals surface area contributed by atoms with Gasteiger partial charge in [0.2, 0.25) is 0 Å². The summed E-state index contributed by atoms with van der Waals surface area (Å²) >= 11 is 2.73. The quantitative estimate of drug-likeness (QED) is 0.336. The van der Waals surface area contributed by atoms with Crippen LogP contribution in [0.5, 0.6) is 0 Å². The summed E-state index contributed by atoms with van der Waals surface area (Å²) in [4.78, 5) is 0. The third kappa shape index (κ3) is 3.15. The number of rotatable bonds is 3. The summed E-state index contributed by atoms with van der Waals surface area (Å²) < 4.78 is 20.3. The SMILES string of the molecule is C=CCN(Cl)S(=O)[O-]. The molecule has 0 amide bonds. The summed E-state index contributed by atoms with van der Waals surface area (Å²) in [6.45, 7) is 3.42. The topological polar surface area (TPSA) is 43.4 Å². The van der Waals surface area contributed by atoms with Crippen molar-refractivity contribution in [2.45, 2.75) is 0 Å². The minimum absolute atomic E-state index is 0.137. The maximum Gasteiger partial charge on any atom is 0.0444 e. The van der Waals surface area contributed by atoms with Crippen molar-refractivity contribution < 1.29 is 8.76 Å². The van der Waals surface area contributed by atoms with Gasteiger partial charge in [-0.3, -0.25) is 4.21 Å². The molecule has 0 saturated carbocycles. The molecule has 0 aliphatic carbocycles. The number of hydrogen-bond donors (Lipinski definition) is 0. The van der Waals surface area contributed by atoms with Gasteiger partial charge in [-0.25, -0.2) is 0 Å². The minimum Gasteiger partial charge on any atom is -0.759 e. The van der Waals surface area contributed by atoms with Crippen molar-refractivity contribution in [3.8, 4) is 0 Å². The van der Waals surface area contributed by atoms with Crippen LogP contribution < -0.4 is 0 Å². The highest BCUT2D eigenvalue weighted by Crippen LogP contribution is 1.94. The fourth-order valence-electron chi connectivity index (χ4n) is 0.162. The smallest absolute Gasteiger partial charge is 0.0444 e. The molecule has 0 spiro atoms. The van der Waals surface area contributed by atoms with Gasteiger partial charge < -0.3 is 4.55 Å². The second-order valence-corrected chi connectivity index (χ2v) is 2.49. The van der Waals surface area contributed by atoms with E-state index in [9.17, 15) is 8.76 Å². The van der Waals surface area contributed by atoms with Crippen LogP contribution in [0, 0.1) is 0 Å². The van der Waals surface area contributed by atoms with Crippen molar-refractivity contribution in [2.75, 3.05) is 6.54 Å². The lowest BCUT2D eigenvalue weighted by Gasteiger charge is -2.11. The van der Waals surface area contributed by atoms with E-state index < -0.39 is 11.3 Å². The molecule has 0 aromatic carbocycles. The molecule has 8 heavy (non-hydrogen) atoms. The summed E-state index contributed by atoms with van der Waals surface area (Å²) in [6, 6.07) is 0. The van der Waals surface area contributed by atoms with Crippen LogP contribution in [0.15, 0.2) is 12.7 Å². The lowest BCUT2D eigenvalue weighted by atomic mass is 10.7. The molecular weight excluding hydrogens is 150 g/mol. The third-order valence-corrected chi connectivity index (χ3v) is 1.38. The van der Waals surface area contributed by atoms with E-state index >= 15 is 0 Å². The van der Waals surface area contributed by atoms with E-state index in [1.807, 2.05) is 0 Å². The van der Waals surface area contributed by atoms with Crippen LogP contribution >= 0.6 is 11.8 Å². The highest BCUT2D eigenvalue weighted by atomic mass is 35.5. The fourth-order valence-corrected chi connectivity index (χ4v) is 0.487. The van der Waals surface area contributed by atoms with Gasteiger partial charge in [-0.05, 0) is 11.8 Å². The molecule has 0 saturated heterocycles. The van der Waals surface area contributed by atoms with E-state index in [1.165, 1.54) is 6.08 Å². The first-order chi connectivity index (χ1) is 3.68. The molecule has 0 bridgehead atoms. The first-order valence-electron chi connectivity index (χ1n) is 1.82. The Morgan fingerprint density at radius 2 is 2.50 bits per heavy atom. The molecule has 48 valence electrons. The Hall–Kier alpha value is 0.1000. The summed E-state index contributed by atoms with van der Waals surface area (Å²) in [5, 5.41) is 0. The first-order valence-corrected chi connectivity index (χ1v) is 3.19. The van der Waals surface area contributed by atoms with E-state index in [0.717, 1.165) is 0 Å². The third-order valence-electron chi connectivity index (χ3n) is 0.434. The Morgan fingerprint density at radius 1 is 2.00 bits per heavy atom. The molecule has 0 aliphatic heterocycles. The summed E-state index contributed by atoms with van der Waals surface area (Å²) in [6.07, 6.45) is 1.39. The Kier molecular flexibility index (Phi) is 4.08. The second-order valence-electron chi connectivity index (χ2n) is 1.01. The van der Waals surface area contributed by atoms with Crippen molar-refractivity contribution in [3.63, 3.8) is 0 Å². The number of hydrogen-bond acceptors (Lipinski definition) is 2. The van der Waals surface area contributed by atoms with Crippen molar-refractivity contribution in [1.29, 1.82) is 0 Å². The maximum absolute atomic E-state index is 9.84. The van der Waals surface area contributed by atoms with Crippen molar-refractivity contribution in [2.24, 2.45) is 0 Å². The lowest BCUT2D eigenvalue weighted by Crippen LogP contribution is -2.13. The molecule has 0 fully saturated rings. The molecule has 5 heteroatoms. The Balaban J connectivity index is 3.46. The van der Waals surface area contributed by atoms with E-state index in [-0.39, 0.29) is 6.54 Å². The van der Waals surface area contributed by atoms with Gasteiger partial charge in [-0.2, -0.15) is 0 Å². The van der Waals surface area contributed by atoms with Crippen LogP contribution in [0.1, 0.15) is 0 Å². The number of nitrogens with zero attached hydrogens (tertiary/aromatic N) is 1. The molecule has 0 aromatic heterocycles. The van der Waals surface area contributed by atoms with Crippen LogP contribution in [-0.4, -0.2) is 19.1 Å². The molecule has 0 radical (unpaired) electrons. The molecule has 1 unspecified atom stereocenters. The molecule has 0 N–H and O–H groups in total. The van der Waals surface area contributed by atoms with Crippen molar-refractivity contribution >= 4 is 23.0 Å².